The fourth-order valence-corrected chi connectivity index (χ4v) is 12.3. The van der Waals surface area contributed by atoms with Crippen LogP contribution in [0.25, 0.3) is 101 Å². The summed E-state index contributed by atoms with van der Waals surface area (Å²) in [7, 11) is -2.16. The van der Waals surface area contributed by atoms with E-state index in [-0.39, 0.29) is 0 Å². The van der Waals surface area contributed by atoms with Crippen LogP contribution in [0.1, 0.15) is 0 Å². The molecule has 1 aliphatic rings. The Morgan fingerprint density at radius 2 is 0.619 bits per heavy atom. The first kappa shape index (κ1) is 38.2. The topological polar surface area (TPSA) is 25.8 Å². The molecule has 1 aromatic heterocycles. The summed E-state index contributed by atoms with van der Waals surface area (Å²) in [5.74, 6) is 0.756. The lowest BCUT2D eigenvalue weighted by Crippen LogP contribution is -2.50. The SMILES string of the molecule is C[Si]1(C)c2ccccc2-c2c(-c3cccc(-c4ccccc4)c3)nc(-c3cccc(-c4cc(-c5ccccc5)cc(-c5cc(-c6ccccc6)cc(-c6ccccc6)c5)c4)c3)nc21. The van der Waals surface area contributed by atoms with E-state index in [0.717, 1.165) is 39.3 Å². The van der Waals surface area contributed by atoms with Crippen molar-refractivity contribution in [3.05, 3.63) is 231 Å². The van der Waals surface area contributed by atoms with Crippen LogP contribution in [0.4, 0.5) is 0 Å². The third kappa shape index (κ3) is 7.23. The van der Waals surface area contributed by atoms with Crippen LogP contribution in [-0.4, -0.2) is 18.0 Å². The van der Waals surface area contributed by atoms with Gasteiger partial charge in [0.15, 0.2) is 5.82 Å². The molecule has 298 valence electrons. The van der Waals surface area contributed by atoms with Crippen LogP contribution in [0, 0.1) is 0 Å². The maximum Gasteiger partial charge on any atom is 0.159 e. The predicted molar refractivity (Wildman–Crippen MR) is 268 cm³/mol. The van der Waals surface area contributed by atoms with E-state index in [1.807, 2.05) is 0 Å². The quantitative estimate of drug-likeness (QED) is 0.143. The first-order valence-corrected chi connectivity index (χ1v) is 24.7. The predicted octanol–water partition coefficient (Wildman–Crippen LogP) is 14.6. The van der Waals surface area contributed by atoms with Crippen molar-refractivity contribution >= 4 is 18.6 Å². The molecule has 0 spiro atoms. The Labute approximate surface area is 370 Å². The molecule has 0 fully saturated rings. The highest BCUT2D eigenvalue weighted by Crippen LogP contribution is 2.40. The van der Waals surface area contributed by atoms with Gasteiger partial charge in [0.2, 0.25) is 0 Å². The van der Waals surface area contributed by atoms with Gasteiger partial charge in [-0.25, -0.2) is 9.97 Å². The fraction of sp³-hybridized carbons (Fsp3) is 0.0333. The highest BCUT2D eigenvalue weighted by Gasteiger charge is 2.41. The minimum absolute atomic E-state index is 0.756. The molecule has 3 heteroatoms. The van der Waals surface area contributed by atoms with Crippen LogP contribution in [0.2, 0.25) is 13.1 Å². The molecule has 0 bridgehead atoms. The highest BCUT2D eigenvalue weighted by atomic mass is 28.3. The Balaban J connectivity index is 1.08. The van der Waals surface area contributed by atoms with Gasteiger partial charge in [-0.2, -0.15) is 0 Å². The molecule has 0 radical (unpaired) electrons. The van der Waals surface area contributed by atoms with Gasteiger partial charge < -0.3 is 0 Å². The zero-order chi connectivity index (χ0) is 42.3. The third-order valence-electron chi connectivity index (χ3n) is 12.6. The summed E-state index contributed by atoms with van der Waals surface area (Å²) in [5, 5.41) is 2.61. The Morgan fingerprint density at radius 3 is 1.13 bits per heavy atom. The van der Waals surface area contributed by atoms with E-state index < -0.39 is 8.07 Å². The maximum absolute atomic E-state index is 5.55. The maximum atomic E-state index is 5.55. The summed E-state index contributed by atoms with van der Waals surface area (Å²) in [5.41, 5.74) is 19.6. The molecule has 2 nitrogen and oxygen atoms in total. The second-order valence-electron chi connectivity index (χ2n) is 17.0. The van der Waals surface area contributed by atoms with Crippen molar-refractivity contribution in [2.45, 2.75) is 13.1 Å². The van der Waals surface area contributed by atoms with Gasteiger partial charge in [0.05, 0.1) is 5.69 Å². The molecule has 0 aliphatic carbocycles. The largest absolute Gasteiger partial charge is 0.237 e. The van der Waals surface area contributed by atoms with Crippen LogP contribution in [0.3, 0.4) is 0 Å². The number of rotatable bonds is 8. The summed E-state index contributed by atoms with van der Waals surface area (Å²) in [6.45, 7) is 4.86. The molecule has 63 heavy (non-hydrogen) atoms. The van der Waals surface area contributed by atoms with Gasteiger partial charge in [-0.3, -0.25) is 0 Å². The van der Waals surface area contributed by atoms with Crippen molar-refractivity contribution in [3.8, 4) is 101 Å². The zero-order valence-corrected chi connectivity index (χ0v) is 36.3. The Bertz CT molecular complexity index is 3230. The third-order valence-corrected chi connectivity index (χ3v) is 15.9. The molecule has 0 saturated heterocycles. The summed E-state index contributed by atoms with van der Waals surface area (Å²) in [4.78, 5) is 11.1. The molecule has 0 atom stereocenters. The lowest BCUT2D eigenvalue weighted by atomic mass is 9.89. The molecule has 1 aliphatic heterocycles. The van der Waals surface area contributed by atoms with Gasteiger partial charge in [-0.15, -0.1) is 0 Å². The average molecular weight is 821 g/mol. The second-order valence-corrected chi connectivity index (χ2v) is 21.3. The van der Waals surface area contributed by atoms with E-state index in [2.05, 4.69) is 244 Å². The smallest absolute Gasteiger partial charge is 0.159 e. The Kier molecular flexibility index (Phi) is 9.68. The van der Waals surface area contributed by atoms with Gasteiger partial charge >= 0.3 is 0 Å². The van der Waals surface area contributed by atoms with Crippen molar-refractivity contribution < 1.29 is 0 Å². The molecule has 0 N–H and O–H groups in total. The minimum atomic E-state index is -2.16. The van der Waals surface area contributed by atoms with Gasteiger partial charge in [0.25, 0.3) is 0 Å². The molecule has 10 aromatic rings. The van der Waals surface area contributed by atoms with Crippen molar-refractivity contribution in [3.63, 3.8) is 0 Å². The Hall–Kier alpha value is -7.72. The summed E-state index contributed by atoms with van der Waals surface area (Å²) in [6.07, 6.45) is 0. The summed E-state index contributed by atoms with van der Waals surface area (Å²) in [6, 6.07) is 83.3. The summed E-state index contributed by atoms with van der Waals surface area (Å²) < 4.78 is 0. The zero-order valence-electron chi connectivity index (χ0n) is 35.3. The molecular formula is C60H44N2Si. The van der Waals surface area contributed by atoms with Gasteiger partial charge in [-0.1, -0.05) is 195 Å². The normalized spacial score (nSPS) is 12.4. The van der Waals surface area contributed by atoms with E-state index in [1.165, 1.54) is 71.7 Å². The van der Waals surface area contributed by atoms with E-state index in [0.29, 0.717) is 0 Å². The van der Waals surface area contributed by atoms with Crippen LogP contribution in [0.5, 0.6) is 0 Å². The molecule has 9 aromatic carbocycles. The Morgan fingerprint density at radius 1 is 0.286 bits per heavy atom. The lowest BCUT2D eigenvalue weighted by molar-refractivity contribution is 1.21. The first-order chi connectivity index (χ1) is 31.0. The van der Waals surface area contributed by atoms with E-state index in [4.69, 9.17) is 9.97 Å². The van der Waals surface area contributed by atoms with E-state index >= 15 is 0 Å². The van der Waals surface area contributed by atoms with Gasteiger partial charge in [0.1, 0.15) is 8.07 Å². The number of aromatic nitrogens is 2. The van der Waals surface area contributed by atoms with Gasteiger partial charge in [0, 0.05) is 22.0 Å². The van der Waals surface area contributed by atoms with Crippen LogP contribution in [0.15, 0.2) is 231 Å². The van der Waals surface area contributed by atoms with E-state index in [9.17, 15) is 0 Å². The first-order valence-electron chi connectivity index (χ1n) is 21.7. The molecule has 0 saturated carbocycles. The molecule has 0 amide bonds. The number of fused-ring (bicyclic) bond motifs is 3. The standard InChI is InChI=1S/C60H44N2Si/c1-63(2)56-32-16-15-31-55(56)57-58(47-29-17-27-45(33-47)41-19-7-3-8-20-41)61-59(62-60(57)63)48-30-18-28-46(34-48)52-36-51(44-25-13-6-14-26-44)39-54(40-52)53-37-49(42-21-9-4-10-22-42)35-50(38-53)43-23-11-5-12-24-43/h3-40H,1-2H3. The second kappa shape index (κ2) is 16.0. The lowest BCUT2D eigenvalue weighted by Gasteiger charge is -2.19. The molecule has 2 heterocycles. The monoisotopic (exact) mass is 820 g/mol. The number of hydrogen-bond donors (Lipinski definition) is 0. The summed E-state index contributed by atoms with van der Waals surface area (Å²) >= 11 is 0. The van der Waals surface area contributed by atoms with Crippen molar-refractivity contribution in [1.82, 2.24) is 9.97 Å². The number of hydrogen-bond acceptors (Lipinski definition) is 2. The number of benzene rings is 9. The van der Waals surface area contributed by atoms with E-state index in [1.54, 1.807) is 0 Å². The fourth-order valence-electron chi connectivity index (χ4n) is 9.34. The number of nitrogens with zero attached hydrogens (tertiary/aromatic N) is 2. The minimum Gasteiger partial charge on any atom is -0.237 e. The van der Waals surface area contributed by atoms with Crippen LogP contribution in [-0.2, 0) is 0 Å². The molecule has 11 rings (SSSR count). The van der Waals surface area contributed by atoms with Crippen molar-refractivity contribution in [1.29, 1.82) is 0 Å². The molecule has 0 unspecified atom stereocenters. The van der Waals surface area contributed by atoms with Crippen LogP contribution >= 0.6 is 0 Å². The highest BCUT2D eigenvalue weighted by molar-refractivity contribution is 7.03. The van der Waals surface area contributed by atoms with Crippen molar-refractivity contribution in [2.24, 2.45) is 0 Å². The average Bonchev–Trinajstić information content (AvgIpc) is 3.60. The van der Waals surface area contributed by atoms with Crippen LogP contribution < -0.4 is 10.5 Å². The molecular weight excluding hydrogens is 777 g/mol. The van der Waals surface area contributed by atoms with Crippen molar-refractivity contribution in [2.75, 3.05) is 0 Å². The van der Waals surface area contributed by atoms with Gasteiger partial charge in [-0.05, 0) is 126 Å².